The van der Waals surface area contributed by atoms with Crippen LogP contribution >= 0.6 is 78.9 Å². The van der Waals surface area contributed by atoms with E-state index in [1.54, 1.807) is 0 Å². The van der Waals surface area contributed by atoms with E-state index in [9.17, 15) is 4.79 Å². The second-order valence-electron chi connectivity index (χ2n) is 6.54. The van der Waals surface area contributed by atoms with Gasteiger partial charge in [0.25, 0.3) is 5.91 Å². The van der Waals surface area contributed by atoms with Crippen molar-refractivity contribution < 1.29 is 19.0 Å². The number of aryl methyl sites for hydroxylation is 1. The lowest BCUT2D eigenvalue weighted by molar-refractivity contribution is 0.0933. The smallest absolute Gasteiger partial charge is 0.253 e. The lowest BCUT2D eigenvalue weighted by atomic mass is 10.1. The van der Waals surface area contributed by atoms with Crippen molar-refractivity contribution in [1.82, 2.24) is 10.6 Å². The summed E-state index contributed by atoms with van der Waals surface area (Å²) in [5, 5.41) is 8.58. The van der Waals surface area contributed by atoms with Gasteiger partial charge in [0.05, 0.1) is 27.0 Å². The Labute approximate surface area is 229 Å². The minimum absolute atomic E-state index is 0.124. The summed E-state index contributed by atoms with van der Waals surface area (Å²) in [6.07, 6.45) is -1.18. The molecule has 180 valence electrons. The first-order chi connectivity index (χ1) is 15.4. The molecule has 1 atom stereocenters. The first kappa shape index (κ1) is 28.1. The van der Waals surface area contributed by atoms with Crippen molar-refractivity contribution in [3.05, 3.63) is 44.3 Å². The number of rotatable bonds is 7. The Bertz CT molecular complexity index is 1030. The van der Waals surface area contributed by atoms with Gasteiger partial charge in [-0.2, -0.15) is 0 Å². The summed E-state index contributed by atoms with van der Waals surface area (Å²) in [4.78, 5) is 13.0. The van der Waals surface area contributed by atoms with Gasteiger partial charge >= 0.3 is 0 Å². The van der Waals surface area contributed by atoms with Gasteiger partial charge in [-0.25, -0.2) is 0 Å². The average molecular weight is 665 g/mol. The Kier molecular flexibility index (Phi) is 10.2. The number of hydrogen-bond acceptors (Lipinski definition) is 5. The third-order valence-corrected chi connectivity index (χ3v) is 6.69. The van der Waals surface area contributed by atoms with E-state index in [2.05, 4.69) is 47.8 Å². The molecule has 0 aliphatic rings. The first-order valence-corrected chi connectivity index (χ1v) is 12.2. The van der Waals surface area contributed by atoms with Crippen LogP contribution in [0.25, 0.3) is 0 Å². The Hall–Kier alpha value is -1.17. The van der Waals surface area contributed by atoms with E-state index >= 15 is 0 Å². The van der Waals surface area contributed by atoms with Gasteiger partial charge in [0.1, 0.15) is 6.17 Å². The van der Waals surface area contributed by atoms with Gasteiger partial charge in [0.15, 0.2) is 16.6 Å². The maximum Gasteiger partial charge on any atom is 0.253 e. The van der Waals surface area contributed by atoms with Crippen LogP contribution in [0, 0.1) is 6.92 Å². The fraction of sp³-hybridized carbons (Fsp3) is 0.300. The zero-order chi connectivity index (χ0) is 24.9. The van der Waals surface area contributed by atoms with Crippen molar-refractivity contribution in [2.75, 3.05) is 26.6 Å². The highest BCUT2D eigenvalue weighted by molar-refractivity contribution is 9.11. The number of thiocarbonyl (C=S) groups is 1. The maximum absolute atomic E-state index is 13.0. The first-order valence-electron chi connectivity index (χ1n) is 9.12. The van der Waals surface area contributed by atoms with Crippen LogP contribution in [0.1, 0.15) is 15.9 Å². The zero-order valence-corrected chi connectivity index (χ0v) is 24.1. The monoisotopic (exact) mass is 661 g/mol. The highest BCUT2D eigenvalue weighted by Crippen LogP contribution is 2.38. The molecule has 13 heteroatoms. The molecule has 2 aromatic rings. The lowest BCUT2D eigenvalue weighted by Gasteiger charge is -2.28. The van der Waals surface area contributed by atoms with Crippen molar-refractivity contribution in [3.63, 3.8) is 0 Å². The Morgan fingerprint density at radius 1 is 0.970 bits per heavy atom. The zero-order valence-electron chi connectivity index (χ0n) is 17.8. The van der Waals surface area contributed by atoms with Crippen LogP contribution in [0.5, 0.6) is 17.2 Å². The number of methoxy groups -OCH3 is 3. The molecule has 0 saturated carbocycles. The normalized spacial score (nSPS) is 11.9. The van der Waals surface area contributed by atoms with Crippen LogP contribution < -0.4 is 30.2 Å². The SMILES string of the molecule is COc1cc(C(=O)NC(NC(=S)Nc2cc(C)c(Br)cc2Br)C(Cl)(Cl)Cl)cc(OC)c1OC. The van der Waals surface area contributed by atoms with Crippen molar-refractivity contribution in [3.8, 4) is 17.2 Å². The molecule has 1 amide bonds. The molecular weight excluding hydrogens is 644 g/mol. The number of nitrogens with one attached hydrogen (secondary N) is 3. The average Bonchev–Trinajstić information content (AvgIpc) is 2.75. The van der Waals surface area contributed by atoms with E-state index in [0.717, 1.165) is 14.5 Å². The minimum atomic E-state index is -1.94. The quantitative estimate of drug-likeness (QED) is 0.192. The van der Waals surface area contributed by atoms with Crippen LogP contribution in [0.3, 0.4) is 0 Å². The number of halogens is 5. The molecule has 0 aromatic heterocycles. The fourth-order valence-electron chi connectivity index (χ4n) is 2.67. The number of hydrogen-bond donors (Lipinski definition) is 3. The summed E-state index contributed by atoms with van der Waals surface area (Å²) in [6, 6.07) is 6.70. The number of alkyl halides is 3. The molecule has 1 unspecified atom stereocenters. The van der Waals surface area contributed by atoms with Crippen molar-refractivity contribution >= 4 is 95.6 Å². The standard InChI is InChI=1S/C20H20Br2Cl3N3O4S/c1-9-5-13(12(22)8-11(9)21)26-19(33)28-18(20(23,24)25)27-17(29)10-6-14(30-2)16(32-4)15(7-10)31-3/h5-8,18H,1-4H3,(H,27,29)(H2,26,28,33). The number of carbonyl (C=O) groups is 1. The van der Waals surface area contributed by atoms with E-state index in [1.807, 2.05) is 19.1 Å². The molecule has 0 bridgehead atoms. The minimum Gasteiger partial charge on any atom is -0.493 e. The van der Waals surface area contributed by atoms with E-state index in [1.165, 1.54) is 33.5 Å². The maximum atomic E-state index is 13.0. The molecule has 7 nitrogen and oxygen atoms in total. The molecule has 0 aliphatic heterocycles. The second kappa shape index (κ2) is 12.0. The van der Waals surface area contributed by atoms with Gasteiger partial charge in [-0.3, -0.25) is 4.79 Å². The van der Waals surface area contributed by atoms with E-state index < -0.39 is 15.9 Å². The predicted molar refractivity (Wildman–Crippen MR) is 144 cm³/mol. The highest BCUT2D eigenvalue weighted by atomic mass is 79.9. The third kappa shape index (κ3) is 7.40. The molecule has 0 aliphatic carbocycles. The van der Waals surface area contributed by atoms with E-state index in [-0.39, 0.29) is 10.7 Å². The third-order valence-electron chi connectivity index (χ3n) is 4.30. The number of amides is 1. The second-order valence-corrected chi connectivity index (χ2v) is 11.0. The van der Waals surface area contributed by atoms with Gasteiger partial charge < -0.3 is 30.2 Å². The molecule has 0 saturated heterocycles. The number of benzene rings is 2. The molecular formula is C20H20Br2Cl3N3O4S. The van der Waals surface area contributed by atoms with Crippen LogP contribution in [0.2, 0.25) is 0 Å². The Morgan fingerprint density at radius 2 is 1.55 bits per heavy atom. The van der Waals surface area contributed by atoms with Crippen molar-refractivity contribution in [1.29, 1.82) is 0 Å². The van der Waals surface area contributed by atoms with Gasteiger partial charge in [-0.05, 0) is 64.9 Å². The van der Waals surface area contributed by atoms with E-state index in [0.29, 0.717) is 22.9 Å². The molecule has 0 heterocycles. The Balaban J connectivity index is 2.24. The largest absolute Gasteiger partial charge is 0.493 e. The number of ether oxygens (including phenoxy) is 3. The van der Waals surface area contributed by atoms with Crippen LogP contribution in [-0.2, 0) is 0 Å². The molecule has 2 rings (SSSR count). The molecule has 2 aromatic carbocycles. The molecule has 0 radical (unpaired) electrons. The van der Waals surface area contributed by atoms with Gasteiger partial charge in [0, 0.05) is 14.5 Å². The van der Waals surface area contributed by atoms with Crippen LogP contribution in [-0.4, -0.2) is 42.3 Å². The predicted octanol–water partition coefficient (Wildman–Crippen LogP) is 5.96. The Morgan fingerprint density at radius 3 is 2.03 bits per heavy atom. The molecule has 0 fully saturated rings. The van der Waals surface area contributed by atoms with Gasteiger partial charge in [-0.15, -0.1) is 0 Å². The summed E-state index contributed by atoms with van der Waals surface area (Å²) in [5.41, 5.74) is 1.86. The molecule has 0 spiro atoms. The van der Waals surface area contributed by atoms with Gasteiger partial charge in [-0.1, -0.05) is 50.7 Å². The summed E-state index contributed by atoms with van der Waals surface area (Å²) in [7, 11) is 4.34. The molecule has 33 heavy (non-hydrogen) atoms. The highest BCUT2D eigenvalue weighted by Gasteiger charge is 2.35. The number of anilines is 1. The van der Waals surface area contributed by atoms with Crippen LogP contribution in [0.15, 0.2) is 33.2 Å². The van der Waals surface area contributed by atoms with Crippen molar-refractivity contribution in [2.45, 2.75) is 16.9 Å². The topological polar surface area (TPSA) is 80.9 Å². The summed E-state index contributed by atoms with van der Waals surface area (Å²) >= 11 is 30.6. The molecule has 3 N–H and O–H groups in total. The number of carbonyl (C=O) groups excluding carboxylic acids is 1. The summed E-state index contributed by atoms with van der Waals surface area (Å²) in [5.74, 6) is 0.371. The van der Waals surface area contributed by atoms with Crippen molar-refractivity contribution in [2.24, 2.45) is 0 Å². The summed E-state index contributed by atoms with van der Waals surface area (Å²) in [6.45, 7) is 1.93. The summed E-state index contributed by atoms with van der Waals surface area (Å²) < 4.78 is 15.6. The van der Waals surface area contributed by atoms with Gasteiger partial charge in [0.2, 0.25) is 9.54 Å². The van der Waals surface area contributed by atoms with Crippen LogP contribution in [0.4, 0.5) is 5.69 Å². The van der Waals surface area contributed by atoms with E-state index in [4.69, 9.17) is 61.2 Å². The fourth-order valence-corrected chi connectivity index (χ4v) is 4.32. The lowest BCUT2D eigenvalue weighted by Crippen LogP contribution is -2.56.